The molecule has 2 rings (SSSR count). The lowest BCUT2D eigenvalue weighted by atomic mass is 10.2. The molecule has 1 amide bonds. The van der Waals surface area contributed by atoms with Crippen LogP contribution in [0.5, 0.6) is 0 Å². The Balaban J connectivity index is 2.29. The van der Waals surface area contributed by atoms with Crippen LogP contribution in [0, 0.1) is 6.92 Å². The van der Waals surface area contributed by atoms with Gasteiger partial charge in [-0.2, -0.15) is 0 Å². The second kappa shape index (κ2) is 6.60. The Morgan fingerprint density at radius 3 is 2.62 bits per heavy atom. The minimum absolute atomic E-state index is 0.0547. The van der Waals surface area contributed by atoms with Crippen LogP contribution in [0.25, 0.3) is 0 Å². The fourth-order valence-corrected chi connectivity index (χ4v) is 1.79. The zero-order valence-corrected chi connectivity index (χ0v) is 11.6. The third-order valence-corrected chi connectivity index (χ3v) is 2.88. The first kappa shape index (κ1) is 14.6. The minimum atomic E-state index is -0.967. The highest BCUT2D eigenvalue weighted by molar-refractivity contribution is 6.05. The molecule has 21 heavy (non-hydrogen) atoms. The van der Waals surface area contributed by atoms with E-state index in [0.717, 1.165) is 5.56 Å². The summed E-state index contributed by atoms with van der Waals surface area (Å²) in [6, 6.07) is 6.82. The molecular weight excluding hydrogens is 270 g/mol. The Bertz CT molecular complexity index is 626. The van der Waals surface area contributed by atoms with Crippen molar-refractivity contribution in [1.29, 1.82) is 0 Å². The molecule has 6 nitrogen and oxygen atoms in total. The van der Waals surface area contributed by atoms with Crippen molar-refractivity contribution >= 4 is 17.7 Å². The number of hydrogen-bond acceptors (Lipinski definition) is 4. The number of pyridine rings is 2. The third-order valence-electron chi connectivity index (χ3n) is 2.88. The molecule has 0 aliphatic rings. The molecule has 0 aliphatic heterocycles. The van der Waals surface area contributed by atoms with Gasteiger partial charge in [-0.3, -0.25) is 19.5 Å². The highest BCUT2D eigenvalue weighted by Crippen LogP contribution is 2.15. The van der Waals surface area contributed by atoms with Gasteiger partial charge in [-0.1, -0.05) is 6.07 Å². The summed E-state index contributed by atoms with van der Waals surface area (Å²) in [5.41, 5.74) is 1.36. The fraction of sp³-hybridized carbons (Fsp3) is 0.200. The van der Waals surface area contributed by atoms with E-state index in [1.54, 1.807) is 30.6 Å². The number of amides is 1. The lowest BCUT2D eigenvalue weighted by molar-refractivity contribution is -0.136. The predicted octanol–water partition coefficient (Wildman–Crippen LogP) is 1.91. The Labute approximate surface area is 122 Å². The number of carboxylic acids is 1. The zero-order valence-electron chi connectivity index (χ0n) is 11.6. The largest absolute Gasteiger partial charge is 0.481 e. The summed E-state index contributed by atoms with van der Waals surface area (Å²) in [5.74, 6) is -0.859. The van der Waals surface area contributed by atoms with Crippen LogP contribution in [0.4, 0.5) is 5.82 Å². The molecule has 2 heterocycles. The molecule has 0 bridgehead atoms. The second-order valence-corrected chi connectivity index (χ2v) is 4.54. The van der Waals surface area contributed by atoms with Crippen molar-refractivity contribution in [3.63, 3.8) is 0 Å². The topological polar surface area (TPSA) is 83.4 Å². The normalized spacial score (nSPS) is 10.1. The maximum absolute atomic E-state index is 12.5. The van der Waals surface area contributed by atoms with Gasteiger partial charge in [0.25, 0.3) is 5.91 Å². The second-order valence-electron chi connectivity index (χ2n) is 4.54. The van der Waals surface area contributed by atoms with Crippen LogP contribution in [-0.4, -0.2) is 33.5 Å². The van der Waals surface area contributed by atoms with Crippen LogP contribution in [0.1, 0.15) is 22.3 Å². The van der Waals surface area contributed by atoms with Crippen LogP contribution in [0.2, 0.25) is 0 Å². The first-order valence-corrected chi connectivity index (χ1v) is 6.44. The average Bonchev–Trinajstić information content (AvgIpc) is 2.49. The van der Waals surface area contributed by atoms with Gasteiger partial charge in [0, 0.05) is 25.1 Å². The number of carbonyl (C=O) groups excluding carboxylic acids is 1. The summed E-state index contributed by atoms with van der Waals surface area (Å²) in [4.78, 5) is 32.7. The number of anilines is 1. The SMILES string of the molecule is Cc1ccc(N(CCC(=O)O)C(=O)c2cccnc2)nc1. The number of carbonyl (C=O) groups is 2. The maximum atomic E-state index is 12.5. The van der Waals surface area contributed by atoms with Gasteiger partial charge in [0.15, 0.2) is 0 Å². The molecule has 0 radical (unpaired) electrons. The van der Waals surface area contributed by atoms with Crippen LogP contribution in [0.3, 0.4) is 0 Å². The number of hydrogen-bond donors (Lipinski definition) is 1. The van der Waals surface area contributed by atoms with E-state index >= 15 is 0 Å². The van der Waals surface area contributed by atoms with E-state index in [2.05, 4.69) is 9.97 Å². The van der Waals surface area contributed by atoms with Crippen molar-refractivity contribution in [2.45, 2.75) is 13.3 Å². The monoisotopic (exact) mass is 285 g/mol. The summed E-state index contributed by atoms with van der Waals surface area (Å²) in [5, 5.41) is 8.84. The molecule has 108 valence electrons. The lowest BCUT2D eigenvalue weighted by Gasteiger charge is -2.21. The van der Waals surface area contributed by atoms with E-state index in [-0.39, 0.29) is 18.9 Å². The van der Waals surface area contributed by atoms with E-state index in [9.17, 15) is 9.59 Å². The number of aromatic nitrogens is 2. The van der Waals surface area contributed by atoms with Crippen molar-refractivity contribution in [1.82, 2.24) is 9.97 Å². The van der Waals surface area contributed by atoms with Gasteiger partial charge >= 0.3 is 5.97 Å². The summed E-state index contributed by atoms with van der Waals surface area (Å²) < 4.78 is 0. The van der Waals surface area contributed by atoms with E-state index in [1.807, 2.05) is 13.0 Å². The molecule has 0 aromatic carbocycles. The van der Waals surface area contributed by atoms with Crippen LogP contribution < -0.4 is 4.90 Å². The summed E-state index contributed by atoms with van der Waals surface area (Å²) in [6.45, 7) is 1.94. The first-order chi connectivity index (χ1) is 10.1. The summed E-state index contributed by atoms with van der Waals surface area (Å²) >= 11 is 0. The zero-order chi connectivity index (χ0) is 15.2. The Morgan fingerprint density at radius 1 is 1.24 bits per heavy atom. The Kier molecular flexibility index (Phi) is 4.61. The Morgan fingerprint density at radius 2 is 2.05 bits per heavy atom. The molecular formula is C15H15N3O3. The van der Waals surface area contributed by atoms with Crippen LogP contribution >= 0.6 is 0 Å². The molecule has 2 aromatic rings. The smallest absolute Gasteiger partial charge is 0.305 e. The number of rotatable bonds is 5. The van der Waals surface area contributed by atoms with Gasteiger partial charge in [-0.25, -0.2) is 4.98 Å². The number of nitrogens with zero attached hydrogens (tertiary/aromatic N) is 3. The van der Waals surface area contributed by atoms with Gasteiger partial charge in [0.2, 0.25) is 0 Å². The van der Waals surface area contributed by atoms with Crippen LogP contribution in [0.15, 0.2) is 42.9 Å². The molecule has 0 spiro atoms. The van der Waals surface area contributed by atoms with E-state index in [1.165, 1.54) is 11.1 Å². The first-order valence-electron chi connectivity index (χ1n) is 6.44. The van der Waals surface area contributed by atoms with Crippen molar-refractivity contribution < 1.29 is 14.7 Å². The average molecular weight is 285 g/mol. The number of aliphatic carboxylic acids is 1. The standard InChI is InChI=1S/C15H15N3O3/c1-11-4-5-13(17-9-11)18(8-6-14(19)20)15(21)12-3-2-7-16-10-12/h2-5,7,9-10H,6,8H2,1H3,(H,19,20). The molecule has 0 aliphatic carbocycles. The number of aryl methyl sites for hydroxylation is 1. The molecule has 1 N–H and O–H groups in total. The van der Waals surface area contributed by atoms with Gasteiger partial charge < -0.3 is 5.11 Å². The highest BCUT2D eigenvalue weighted by atomic mass is 16.4. The van der Waals surface area contributed by atoms with Crippen LogP contribution in [-0.2, 0) is 4.79 Å². The summed E-state index contributed by atoms with van der Waals surface area (Å²) in [7, 11) is 0. The third kappa shape index (κ3) is 3.85. The van der Waals surface area contributed by atoms with Crippen molar-refractivity contribution in [2.24, 2.45) is 0 Å². The predicted molar refractivity (Wildman–Crippen MR) is 77.1 cm³/mol. The lowest BCUT2D eigenvalue weighted by Crippen LogP contribution is -2.33. The maximum Gasteiger partial charge on any atom is 0.305 e. The fourth-order valence-electron chi connectivity index (χ4n) is 1.79. The molecule has 0 fully saturated rings. The quantitative estimate of drug-likeness (QED) is 0.907. The number of carboxylic acid groups (broad SMARTS) is 1. The highest BCUT2D eigenvalue weighted by Gasteiger charge is 2.19. The molecule has 0 unspecified atom stereocenters. The molecule has 0 saturated carbocycles. The van der Waals surface area contributed by atoms with Gasteiger partial charge in [-0.15, -0.1) is 0 Å². The molecule has 6 heteroatoms. The van der Waals surface area contributed by atoms with Crippen molar-refractivity contribution in [3.8, 4) is 0 Å². The van der Waals surface area contributed by atoms with Gasteiger partial charge in [0.1, 0.15) is 5.82 Å². The molecule has 0 saturated heterocycles. The van der Waals surface area contributed by atoms with E-state index in [0.29, 0.717) is 11.4 Å². The molecule has 0 atom stereocenters. The van der Waals surface area contributed by atoms with Crippen molar-refractivity contribution in [3.05, 3.63) is 54.0 Å². The van der Waals surface area contributed by atoms with Crippen molar-refractivity contribution in [2.75, 3.05) is 11.4 Å². The van der Waals surface area contributed by atoms with Gasteiger partial charge in [0.05, 0.1) is 12.0 Å². The van der Waals surface area contributed by atoms with Gasteiger partial charge in [-0.05, 0) is 30.7 Å². The van der Waals surface area contributed by atoms with E-state index in [4.69, 9.17) is 5.11 Å². The molecule has 2 aromatic heterocycles. The summed E-state index contributed by atoms with van der Waals surface area (Å²) in [6.07, 6.45) is 4.51. The van der Waals surface area contributed by atoms with E-state index < -0.39 is 5.97 Å². The Hall–Kier alpha value is -2.76. The minimum Gasteiger partial charge on any atom is -0.481 e.